The Hall–Kier alpha value is -2.20. The highest BCUT2D eigenvalue weighted by molar-refractivity contribution is 7.97. The van der Waals surface area contributed by atoms with Crippen LogP contribution < -0.4 is 14.9 Å². The van der Waals surface area contributed by atoms with Gasteiger partial charge in [0.15, 0.2) is 0 Å². The van der Waals surface area contributed by atoms with Gasteiger partial charge in [-0.25, -0.2) is 9.97 Å². The van der Waals surface area contributed by atoms with E-state index in [4.69, 9.17) is 5.11 Å². The van der Waals surface area contributed by atoms with Crippen LogP contribution in [0.2, 0.25) is 0 Å². The van der Waals surface area contributed by atoms with E-state index in [9.17, 15) is 9.90 Å². The van der Waals surface area contributed by atoms with Gasteiger partial charge in [-0.05, 0) is 67.8 Å². The fourth-order valence-electron chi connectivity index (χ4n) is 4.12. The number of amides is 1. The van der Waals surface area contributed by atoms with E-state index in [1.54, 1.807) is 0 Å². The third kappa shape index (κ3) is 7.14. The van der Waals surface area contributed by atoms with Crippen LogP contribution >= 0.6 is 11.9 Å². The summed E-state index contributed by atoms with van der Waals surface area (Å²) in [4.78, 5) is 25.0. The van der Waals surface area contributed by atoms with Crippen molar-refractivity contribution in [3.63, 3.8) is 0 Å². The van der Waals surface area contributed by atoms with Crippen molar-refractivity contribution in [3.8, 4) is 0 Å². The topological polar surface area (TPSA) is 111 Å². The first-order valence-corrected chi connectivity index (χ1v) is 12.6. The van der Waals surface area contributed by atoms with Crippen molar-refractivity contribution in [1.29, 1.82) is 0 Å². The molecule has 0 saturated heterocycles. The lowest BCUT2D eigenvalue weighted by atomic mass is 9.94. The molecule has 2 aliphatic carbocycles. The summed E-state index contributed by atoms with van der Waals surface area (Å²) < 4.78 is 3.00. The Balaban J connectivity index is 1.37. The Morgan fingerprint density at radius 3 is 2.58 bits per heavy atom. The minimum Gasteiger partial charge on any atom is -0.394 e. The van der Waals surface area contributed by atoms with Crippen molar-refractivity contribution in [2.45, 2.75) is 62.0 Å². The van der Waals surface area contributed by atoms with E-state index in [1.165, 1.54) is 63.2 Å². The van der Waals surface area contributed by atoms with Gasteiger partial charge in [0.2, 0.25) is 0 Å². The number of aromatic nitrogens is 2. The summed E-state index contributed by atoms with van der Waals surface area (Å²) >= 11 is 1.36. The van der Waals surface area contributed by atoms with Crippen LogP contribution in [0.3, 0.4) is 0 Å². The average Bonchev–Trinajstić information content (AvgIpc) is 3.68. The predicted molar refractivity (Wildman–Crippen MR) is 130 cm³/mol. The molecule has 0 aliphatic heterocycles. The molecule has 0 bridgehead atoms. The number of nitrogens with one attached hydrogen (secondary N) is 2. The van der Waals surface area contributed by atoms with Crippen molar-refractivity contribution in [2.75, 3.05) is 29.9 Å². The number of nitrogens with zero attached hydrogens (tertiary/aromatic N) is 3. The van der Waals surface area contributed by atoms with Crippen LogP contribution in [0.5, 0.6) is 0 Å². The molecule has 1 aromatic carbocycles. The largest absolute Gasteiger partial charge is 0.394 e. The number of rotatable bonds is 11. The van der Waals surface area contributed by atoms with Gasteiger partial charge in [-0.3, -0.25) is 9.52 Å². The van der Waals surface area contributed by atoms with E-state index in [1.807, 2.05) is 30.3 Å². The van der Waals surface area contributed by atoms with Crippen LogP contribution in [0.4, 0.5) is 11.5 Å². The molecule has 2 aromatic rings. The van der Waals surface area contributed by atoms with E-state index in [0.717, 1.165) is 23.2 Å². The van der Waals surface area contributed by atoms with Crippen molar-refractivity contribution in [2.24, 2.45) is 5.92 Å². The summed E-state index contributed by atoms with van der Waals surface area (Å²) in [7, 11) is 0. The van der Waals surface area contributed by atoms with E-state index in [0.29, 0.717) is 17.4 Å². The molecule has 1 amide bonds. The predicted octanol–water partition coefficient (Wildman–Crippen LogP) is 3.23. The Labute approximate surface area is 199 Å². The molecule has 4 N–H and O–H groups in total. The molecule has 2 aliphatic rings. The van der Waals surface area contributed by atoms with Gasteiger partial charge >= 0.3 is 0 Å². The smallest absolute Gasteiger partial charge is 0.274 e. The van der Waals surface area contributed by atoms with Gasteiger partial charge in [-0.15, -0.1) is 0 Å². The molecule has 9 heteroatoms. The fourth-order valence-corrected chi connectivity index (χ4v) is 4.83. The van der Waals surface area contributed by atoms with Gasteiger partial charge in [-0.1, -0.05) is 19.3 Å². The number of carbonyl (C=O) groups excluding carboxylic acids is 1. The molecular formula is C24H33N5O3S. The van der Waals surface area contributed by atoms with E-state index in [2.05, 4.69) is 24.9 Å². The summed E-state index contributed by atoms with van der Waals surface area (Å²) in [6.07, 6.45) is 9.49. The molecule has 2 fully saturated rings. The van der Waals surface area contributed by atoms with Crippen LogP contribution in [0.25, 0.3) is 0 Å². The summed E-state index contributed by atoms with van der Waals surface area (Å²) in [5, 5.41) is 21.1. The van der Waals surface area contributed by atoms with E-state index >= 15 is 0 Å². The number of anilines is 2. The first kappa shape index (κ1) is 23.9. The van der Waals surface area contributed by atoms with Gasteiger partial charge in [0.1, 0.15) is 17.8 Å². The Morgan fingerprint density at radius 1 is 1.12 bits per heavy atom. The van der Waals surface area contributed by atoms with E-state index < -0.39 is 6.10 Å². The van der Waals surface area contributed by atoms with Gasteiger partial charge in [-0.2, -0.15) is 0 Å². The molecule has 178 valence electrons. The second-order valence-electron chi connectivity index (χ2n) is 8.91. The number of aliphatic hydroxyl groups excluding tert-OH is 2. The lowest BCUT2D eigenvalue weighted by molar-refractivity contribution is 0.0994. The van der Waals surface area contributed by atoms with E-state index in [-0.39, 0.29) is 19.1 Å². The molecule has 1 aromatic heterocycles. The molecule has 2 saturated carbocycles. The van der Waals surface area contributed by atoms with Gasteiger partial charge in [0, 0.05) is 35.8 Å². The number of benzene rings is 1. The normalized spacial score (nSPS) is 17.5. The SMILES string of the molecule is O=C(Nc1ccc(SNCC(O)CO)cc1)c1cc(N(CC2CC2)C2CCCCC2)ncn1. The summed E-state index contributed by atoms with van der Waals surface area (Å²) in [6, 6.07) is 9.74. The zero-order valence-corrected chi connectivity index (χ0v) is 19.6. The highest BCUT2D eigenvalue weighted by atomic mass is 32.2. The van der Waals surface area contributed by atoms with Crippen LogP contribution in [0, 0.1) is 5.92 Å². The lowest BCUT2D eigenvalue weighted by Crippen LogP contribution is -2.39. The zero-order valence-electron chi connectivity index (χ0n) is 18.8. The maximum absolute atomic E-state index is 12.9. The molecule has 8 nitrogen and oxygen atoms in total. The van der Waals surface area contributed by atoms with Gasteiger partial charge < -0.3 is 20.4 Å². The minimum atomic E-state index is -0.785. The standard InChI is InChI=1S/C24H33N5O3S/c30-15-20(31)13-27-33-21-10-8-18(9-11-21)28-24(32)22-12-23(26-16-25-22)29(14-17-6-7-17)19-4-2-1-3-5-19/h8-12,16-17,19-20,27,30-31H,1-7,13-15H2,(H,28,32). The first-order chi connectivity index (χ1) is 16.1. The number of hydrogen-bond donors (Lipinski definition) is 4. The summed E-state index contributed by atoms with van der Waals surface area (Å²) in [5.41, 5.74) is 1.05. The van der Waals surface area contributed by atoms with Crippen molar-refractivity contribution in [3.05, 3.63) is 42.4 Å². The van der Waals surface area contributed by atoms with Crippen LogP contribution in [-0.4, -0.2) is 57.9 Å². The zero-order chi connectivity index (χ0) is 23.0. The Kier molecular flexibility index (Phi) is 8.55. The third-order valence-electron chi connectivity index (χ3n) is 6.18. The Morgan fingerprint density at radius 2 is 1.88 bits per heavy atom. The van der Waals surface area contributed by atoms with Crippen molar-refractivity contribution in [1.82, 2.24) is 14.7 Å². The molecule has 1 heterocycles. The fraction of sp³-hybridized carbons (Fsp3) is 0.542. The maximum Gasteiger partial charge on any atom is 0.274 e. The third-order valence-corrected chi connectivity index (χ3v) is 7.00. The molecular weight excluding hydrogens is 438 g/mol. The molecule has 33 heavy (non-hydrogen) atoms. The van der Waals surface area contributed by atoms with Crippen LogP contribution in [0.1, 0.15) is 55.4 Å². The van der Waals surface area contributed by atoms with Gasteiger partial charge in [0.05, 0.1) is 12.7 Å². The summed E-state index contributed by atoms with van der Waals surface area (Å²) in [6.45, 7) is 1.03. The average molecular weight is 472 g/mol. The maximum atomic E-state index is 12.9. The lowest BCUT2D eigenvalue weighted by Gasteiger charge is -2.35. The number of hydrogen-bond acceptors (Lipinski definition) is 8. The molecule has 0 radical (unpaired) electrons. The van der Waals surface area contributed by atoms with Crippen LogP contribution in [-0.2, 0) is 0 Å². The molecule has 4 rings (SSSR count). The highest BCUT2D eigenvalue weighted by Gasteiger charge is 2.30. The molecule has 1 unspecified atom stereocenters. The number of aliphatic hydroxyl groups is 2. The van der Waals surface area contributed by atoms with Crippen LogP contribution in [0.15, 0.2) is 41.6 Å². The monoisotopic (exact) mass is 471 g/mol. The second kappa shape index (κ2) is 11.8. The molecule has 0 spiro atoms. The number of carbonyl (C=O) groups is 1. The second-order valence-corrected chi connectivity index (χ2v) is 9.88. The van der Waals surface area contributed by atoms with Crippen molar-refractivity contribution >= 4 is 29.4 Å². The molecule has 1 atom stereocenters. The Bertz CT molecular complexity index is 903. The minimum absolute atomic E-state index is 0.252. The quantitative estimate of drug-likeness (QED) is 0.370. The summed E-state index contributed by atoms with van der Waals surface area (Å²) in [5.74, 6) is 1.35. The highest BCUT2D eigenvalue weighted by Crippen LogP contribution is 2.34. The van der Waals surface area contributed by atoms with Crippen molar-refractivity contribution < 1.29 is 15.0 Å². The van der Waals surface area contributed by atoms with Gasteiger partial charge in [0.25, 0.3) is 5.91 Å². The first-order valence-electron chi connectivity index (χ1n) is 11.8.